The number of amides is 1. The number of benzene rings is 2. The standard InChI is InChI=1S/C17H10Cl2N2O3/c18-11-7-6-10(14(19)9-11)8-13-15(17(23)24)20-21(16(13)22)12-4-2-1-3-5-12/h1-9H,(H,23,24). The number of halogens is 2. The van der Waals surface area contributed by atoms with E-state index in [1.807, 2.05) is 0 Å². The Labute approximate surface area is 147 Å². The molecule has 0 saturated carbocycles. The zero-order valence-electron chi connectivity index (χ0n) is 12.1. The molecule has 24 heavy (non-hydrogen) atoms. The van der Waals surface area contributed by atoms with Crippen molar-refractivity contribution in [3.63, 3.8) is 0 Å². The van der Waals surface area contributed by atoms with Crippen molar-refractivity contribution in [3.05, 3.63) is 69.7 Å². The fourth-order valence-electron chi connectivity index (χ4n) is 2.22. The first-order chi connectivity index (χ1) is 11.5. The van der Waals surface area contributed by atoms with Crippen molar-refractivity contribution in [1.29, 1.82) is 0 Å². The Morgan fingerprint density at radius 2 is 1.83 bits per heavy atom. The molecule has 0 aliphatic carbocycles. The van der Waals surface area contributed by atoms with Crippen molar-refractivity contribution in [1.82, 2.24) is 0 Å². The predicted octanol–water partition coefficient (Wildman–Crippen LogP) is 3.86. The van der Waals surface area contributed by atoms with Crippen LogP contribution in [0.15, 0.2) is 59.2 Å². The molecule has 0 aromatic heterocycles. The highest BCUT2D eigenvalue weighted by Crippen LogP contribution is 2.28. The summed E-state index contributed by atoms with van der Waals surface area (Å²) >= 11 is 11.9. The van der Waals surface area contributed by atoms with Gasteiger partial charge in [0, 0.05) is 10.0 Å². The first kappa shape index (κ1) is 16.2. The van der Waals surface area contributed by atoms with Crippen LogP contribution in [0.25, 0.3) is 6.08 Å². The fourth-order valence-corrected chi connectivity index (χ4v) is 2.68. The Morgan fingerprint density at radius 3 is 2.46 bits per heavy atom. The van der Waals surface area contributed by atoms with E-state index in [-0.39, 0.29) is 11.3 Å². The molecule has 2 aromatic rings. The molecule has 0 atom stereocenters. The molecule has 1 amide bonds. The van der Waals surface area contributed by atoms with Gasteiger partial charge in [-0.1, -0.05) is 47.5 Å². The molecule has 0 bridgehead atoms. The van der Waals surface area contributed by atoms with Gasteiger partial charge in [0.2, 0.25) is 0 Å². The van der Waals surface area contributed by atoms with E-state index >= 15 is 0 Å². The summed E-state index contributed by atoms with van der Waals surface area (Å²) in [4.78, 5) is 24.1. The number of carbonyl (C=O) groups excluding carboxylic acids is 1. The molecule has 0 spiro atoms. The first-order valence-electron chi connectivity index (χ1n) is 6.86. The molecule has 1 heterocycles. The molecule has 2 aromatic carbocycles. The molecule has 3 rings (SSSR count). The number of carboxylic acids is 1. The number of aliphatic carboxylic acids is 1. The normalized spacial score (nSPS) is 15.8. The van der Waals surface area contributed by atoms with Crippen molar-refractivity contribution in [2.45, 2.75) is 0 Å². The molecule has 5 nitrogen and oxygen atoms in total. The lowest BCUT2D eigenvalue weighted by atomic mass is 10.1. The van der Waals surface area contributed by atoms with E-state index in [4.69, 9.17) is 23.2 Å². The molecule has 120 valence electrons. The average molecular weight is 361 g/mol. The van der Waals surface area contributed by atoms with Crippen LogP contribution in [-0.4, -0.2) is 22.7 Å². The summed E-state index contributed by atoms with van der Waals surface area (Å²) in [6.45, 7) is 0. The Morgan fingerprint density at radius 1 is 1.12 bits per heavy atom. The van der Waals surface area contributed by atoms with Crippen LogP contribution in [0.1, 0.15) is 5.56 Å². The lowest BCUT2D eigenvalue weighted by Crippen LogP contribution is -2.22. The Bertz CT molecular complexity index is 892. The third-order valence-electron chi connectivity index (χ3n) is 3.34. The fraction of sp³-hybridized carbons (Fsp3) is 0. The minimum Gasteiger partial charge on any atom is -0.476 e. The molecule has 0 fully saturated rings. The minimum absolute atomic E-state index is 0.0458. The molecule has 1 N–H and O–H groups in total. The van der Waals surface area contributed by atoms with Crippen molar-refractivity contribution in [2.24, 2.45) is 5.10 Å². The van der Waals surface area contributed by atoms with Crippen LogP contribution >= 0.6 is 23.2 Å². The van der Waals surface area contributed by atoms with Gasteiger partial charge < -0.3 is 5.11 Å². The van der Waals surface area contributed by atoms with Gasteiger partial charge >= 0.3 is 5.97 Å². The summed E-state index contributed by atoms with van der Waals surface area (Å²) in [7, 11) is 0. The maximum atomic E-state index is 12.6. The lowest BCUT2D eigenvalue weighted by Gasteiger charge is -2.10. The predicted molar refractivity (Wildman–Crippen MR) is 93.4 cm³/mol. The van der Waals surface area contributed by atoms with Crippen LogP contribution in [0.3, 0.4) is 0 Å². The van der Waals surface area contributed by atoms with E-state index in [0.29, 0.717) is 21.3 Å². The van der Waals surface area contributed by atoms with Crippen molar-refractivity contribution >= 4 is 52.6 Å². The number of rotatable bonds is 3. The summed E-state index contributed by atoms with van der Waals surface area (Å²) in [5.74, 6) is -1.83. The van der Waals surface area contributed by atoms with E-state index in [1.165, 1.54) is 12.1 Å². The number of nitrogens with zero attached hydrogens (tertiary/aromatic N) is 2. The van der Waals surface area contributed by atoms with Gasteiger partial charge in [-0.2, -0.15) is 10.1 Å². The second-order valence-corrected chi connectivity index (χ2v) is 5.77. The van der Waals surface area contributed by atoms with Crippen LogP contribution in [0.5, 0.6) is 0 Å². The minimum atomic E-state index is -1.29. The SMILES string of the molecule is O=C(O)C1=NN(c2ccccc2)C(=O)C1=Cc1ccc(Cl)cc1Cl. The number of carboxylic acid groups (broad SMARTS) is 1. The zero-order valence-corrected chi connectivity index (χ0v) is 13.6. The molecular formula is C17H10Cl2N2O3. The largest absolute Gasteiger partial charge is 0.476 e. The monoisotopic (exact) mass is 360 g/mol. The van der Waals surface area contributed by atoms with E-state index in [1.54, 1.807) is 42.5 Å². The molecule has 1 aliphatic rings. The van der Waals surface area contributed by atoms with Crippen LogP contribution in [0.4, 0.5) is 5.69 Å². The molecule has 0 saturated heterocycles. The Hall–Kier alpha value is -2.63. The number of anilines is 1. The van der Waals surface area contributed by atoms with Gasteiger partial charge in [0.25, 0.3) is 5.91 Å². The highest BCUT2D eigenvalue weighted by atomic mass is 35.5. The smallest absolute Gasteiger partial charge is 0.357 e. The van der Waals surface area contributed by atoms with Crippen molar-refractivity contribution < 1.29 is 14.7 Å². The van der Waals surface area contributed by atoms with Crippen molar-refractivity contribution in [3.8, 4) is 0 Å². The van der Waals surface area contributed by atoms with Gasteiger partial charge in [0.1, 0.15) is 0 Å². The Kier molecular flexibility index (Phi) is 4.38. The van der Waals surface area contributed by atoms with Crippen LogP contribution < -0.4 is 5.01 Å². The quantitative estimate of drug-likeness (QED) is 0.844. The molecular weight excluding hydrogens is 351 g/mol. The molecule has 0 radical (unpaired) electrons. The van der Waals surface area contributed by atoms with Gasteiger partial charge in [0.15, 0.2) is 5.71 Å². The van der Waals surface area contributed by atoms with E-state index in [2.05, 4.69) is 5.10 Å². The maximum Gasteiger partial charge on any atom is 0.357 e. The van der Waals surface area contributed by atoms with Crippen molar-refractivity contribution in [2.75, 3.05) is 5.01 Å². The van der Waals surface area contributed by atoms with E-state index in [9.17, 15) is 14.7 Å². The summed E-state index contributed by atoms with van der Waals surface area (Å²) < 4.78 is 0. The number of para-hydroxylation sites is 1. The third kappa shape index (κ3) is 3.04. The van der Waals surface area contributed by atoms with Gasteiger partial charge in [-0.25, -0.2) is 4.79 Å². The summed E-state index contributed by atoms with van der Waals surface area (Å²) in [6.07, 6.45) is 1.40. The van der Waals surface area contributed by atoms with Crippen LogP contribution in [0.2, 0.25) is 10.0 Å². The number of hydrogen-bond donors (Lipinski definition) is 1. The van der Waals surface area contributed by atoms with Crippen LogP contribution in [0, 0.1) is 0 Å². The number of carbonyl (C=O) groups is 2. The van der Waals surface area contributed by atoms with Gasteiger partial charge in [-0.3, -0.25) is 4.79 Å². The highest BCUT2D eigenvalue weighted by Gasteiger charge is 2.35. The van der Waals surface area contributed by atoms with Crippen LogP contribution in [-0.2, 0) is 9.59 Å². The zero-order chi connectivity index (χ0) is 17.3. The summed E-state index contributed by atoms with van der Waals surface area (Å²) in [5.41, 5.74) is 0.575. The number of hydrogen-bond acceptors (Lipinski definition) is 3. The molecule has 0 unspecified atom stereocenters. The van der Waals surface area contributed by atoms with Gasteiger partial charge in [-0.05, 0) is 35.9 Å². The first-order valence-corrected chi connectivity index (χ1v) is 7.61. The van der Waals surface area contributed by atoms with E-state index < -0.39 is 11.9 Å². The van der Waals surface area contributed by atoms with Gasteiger partial charge in [-0.15, -0.1) is 0 Å². The average Bonchev–Trinajstić information content (AvgIpc) is 2.88. The third-order valence-corrected chi connectivity index (χ3v) is 3.91. The maximum absolute atomic E-state index is 12.6. The second kappa shape index (κ2) is 6.47. The highest BCUT2D eigenvalue weighted by molar-refractivity contribution is 6.54. The second-order valence-electron chi connectivity index (χ2n) is 4.93. The van der Waals surface area contributed by atoms with E-state index in [0.717, 1.165) is 5.01 Å². The molecule has 7 heteroatoms. The van der Waals surface area contributed by atoms with Gasteiger partial charge in [0.05, 0.1) is 11.3 Å². The molecule has 1 aliphatic heterocycles. The topological polar surface area (TPSA) is 70.0 Å². The number of hydrazone groups is 1. The Balaban J connectivity index is 2.07. The lowest BCUT2D eigenvalue weighted by molar-refractivity contribution is -0.129. The summed E-state index contributed by atoms with van der Waals surface area (Å²) in [5, 5.41) is 15.1. The summed E-state index contributed by atoms with van der Waals surface area (Å²) in [6, 6.07) is 13.3.